The molecular weight excluding hydrogens is 382 g/mol. The molecule has 3 N–H and O–H groups in total. The summed E-state index contributed by atoms with van der Waals surface area (Å²) in [7, 11) is 0. The van der Waals surface area contributed by atoms with E-state index < -0.39 is 11.8 Å². The largest absolute Gasteiger partial charge is 0.327 e. The number of hydrogen-bond donors (Lipinski definition) is 3. The summed E-state index contributed by atoms with van der Waals surface area (Å²) in [5, 5.41) is 18.3. The van der Waals surface area contributed by atoms with Crippen molar-refractivity contribution in [3.05, 3.63) is 48.5 Å². The van der Waals surface area contributed by atoms with Crippen LogP contribution in [0.2, 0.25) is 0 Å². The molecule has 1 fully saturated rings. The predicted molar refractivity (Wildman–Crippen MR) is 111 cm³/mol. The van der Waals surface area contributed by atoms with Crippen LogP contribution in [-0.2, 0) is 9.59 Å². The summed E-state index contributed by atoms with van der Waals surface area (Å²) in [6.45, 7) is 2.63. The maximum absolute atomic E-state index is 13.2. The van der Waals surface area contributed by atoms with Crippen molar-refractivity contribution in [2.45, 2.75) is 25.8 Å². The Kier molecular flexibility index (Phi) is 4.42. The van der Waals surface area contributed by atoms with Gasteiger partial charge in [0.05, 0.1) is 35.2 Å². The molecule has 0 aliphatic carbocycles. The fourth-order valence-corrected chi connectivity index (χ4v) is 4.16. The number of pyridine rings is 1. The molecule has 1 saturated heterocycles. The van der Waals surface area contributed by atoms with Crippen LogP contribution in [0.4, 0.5) is 5.69 Å². The number of carbonyl (C=O) groups excluding carboxylic acids is 2. The first-order chi connectivity index (χ1) is 14.6. The van der Waals surface area contributed by atoms with Gasteiger partial charge in [-0.1, -0.05) is 13.0 Å². The fraction of sp³-hybridized carbons (Fsp3) is 0.286. The molecule has 0 bridgehead atoms. The molecule has 5 rings (SSSR count). The van der Waals surface area contributed by atoms with Gasteiger partial charge >= 0.3 is 11.8 Å². The van der Waals surface area contributed by atoms with Crippen molar-refractivity contribution < 1.29 is 9.59 Å². The van der Waals surface area contributed by atoms with E-state index in [-0.39, 0.29) is 6.04 Å². The van der Waals surface area contributed by atoms with E-state index in [0.29, 0.717) is 23.7 Å². The van der Waals surface area contributed by atoms with Crippen LogP contribution in [0.25, 0.3) is 21.8 Å². The summed E-state index contributed by atoms with van der Waals surface area (Å²) in [4.78, 5) is 31.8. The number of likely N-dealkylation sites (tertiary alicyclic amines) is 1. The molecule has 9 nitrogen and oxygen atoms in total. The van der Waals surface area contributed by atoms with Crippen LogP contribution in [0.15, 0.2) is 43.0 Å². The Morgan fingerprint density at radius 2 is 2.07 bits per heavy atom. The number of benzene rings is 1. The average Bonchev–Trinajstić information content (AvgIpc) is 3.42. The quantitative estimate of drug-likeness (QED) is 0.445. The van der Waals surface area contributed by atoms with Gasteiger partial charge in [0, 0.05) is 29.7 Å². The number of amides is 2. The first-order valence-electron chi connectivity index (χ1n) is 9.92. The summed E-state index contributed by atoms with van der Waals surface area (Å²) in [5.74, 6) is -0.897. The number of fused-ring (bicyclic) bond motifs is 2. The van der Waals surface area contributed by atoms with Crippen molar-refractivity contribution in [3.8, 4) is 0 Å². The van der Waals surface area contributed by atoms with Gasteiger partial charge in [-0.05, 0) is 36.5 Å². The Bertz CT molecular complexity index is 1240. The number of piperidine rings is 1. The standard InChI is InChI=1S/C21H21N7O2/c1-12-2-5-18(13-3-4-16-14(6-13)8-23-26-16)28(11-12)21(30)20(29)25-17-10-22-7-15-9-24-27-19(15)17/h3-4,6-10,12,18H,2,5,11H2,1H3,(H,23,26)(H,24,27)(H,25,29)/t12-,18+/m0/s1. The highest BCUT2D eigenvalue weighted by Gasteiger charge is 2.34. The van der Waals surface area contributed by atoms with Crippen LogP contribution < -0.4 is 5.32 Å². The minimum atomic E-state index is -0.678. The smallest absolute Gasteiger partial charge is 0.314 e. The molecule has 4 aromatic rings. The number of anilines is 1. The van der Waals surface area contributed by atoms with Gasteiger partial charge in [0.1, 0.15) is 0 Å². The normalized spacial score (nSPS) is 19.3. The predicted octanol–water partition coefficient (Wildman–Crippen LogP) is 2.77. The monoisotopic (exact) mass is 403 g/mol. The molecular formula is C21H21N7O2. The van der Waals surface area contributed by atoms with E-state index in [1.165, 1.54) is 6.20 Å². The van der Waals surface area contributed by atoms with Crippen molar-refractivity contribution in [3.63, 3.8) is 0 Å². The zero-order chi connectivity index (χ0) is 20.7. The van der Waals surface area contributed by atoms with E-state index in [1.807, 2.05) is 24.4 Å². The van der Waals surface area contributed by atoms with Crippen LogP contribution >= 0.6 is 0 Å². The minimum Gasteiger partial charge on any atom is -0.327 e. The molecule has 0 unspecified atom stereocenters. The van der Waals surface area contributed by atoms with Gasteiger partial charge in [0.2, 0.25) is 0 Å². The third-order valence-corrected chi connectivity index (χ3v) is 5.72. The molecule has 0 spiro atoms. The third-order valence-electron chi connectivity index (χ3n) is 5.72. The summed E-state index contributed by atoms with van der Waals surface area (Å²) < 4.78 is 0. The highest BCUT2D eigenvalue weighted by molar-refractivity contribution is 6.40. The molecule has 0 saturated carbocycles. The lowest BCUT2D eigenvalue weighted by molar-refractivity contribution is -0.146. The summed E-state index contributed by atoms with van der Waals surface area (Å²) >= 11 is 0. The Morgan fingerprint density at radius 3 is 2.97 bits per heavy atom. The van der Waals surface area contributed by atoms with E-state index in [9.17, 15) is 9.59 Å². The molecule has 152 valence electrons. The zero-order valence-corrected chi connectivity index (χ0v) is 16.4. The van der Waals surface area contributed by atoms with Gasteiger partial charge in [0.25, 0.3) is 0 Å². The molecule has 3 aromatic heterocycles. The third kappa shape index (κ3) is 3.18. The Labute approximate surface area is 171 Å². The molecule has 30 heavy (non-hydrogen) atoms. The number of H-pyrrole nitrogens is 2. The van der Waals surface area contributed by atoms with E-state index in [2.05, 4.69) is 37.6 Å². The topological polar surface area (TPSA) is 120 Å². The second-order valence-corrected chi connectivity index (χ2v) is 7.83. The van der Waals surface area contributed by atoms with Crippen molar-refractivity contribution >= 4 is 39.3 Å². The van der Waals surface area contributed by atoms with Crippen molar-refractivity contribution in [1.82, 2.24) is 30.3 Å². The summed E-state index contributed by atoms with van der Waals surface area (Å²) in [6, 6.07) is 5.80. The van der Waals surface area contributed by atoms with E-state index in [4.69, 9.17) is 0 Å². The Morgan fingerprint density at radius 1 is 1.17 bits per heavy atom. The van der Waals surface area contributed by atoms with Crippen molar-refractivity contribution in [2.75, 3.05) is 11.9 Å². The van der Waals surface area contributed by atoms with Crippen LogP contribution in [0.5, 0.6) is 0 Å². The number of nitrogens with zero attached hydrogens (tertiary/aromatic N) is 4. The maximum atomic E-state index is 13.2. The van der Waals surface area contributed by atoms with E-state index >= 15 is 0 Å². The number of rotatable bonds is 2. The Balaban J connectivity index is 1.42. The minimum absolute atomic E-state index is 0.153. The lowest BCUT2D eigenvalue weighted by Crippen LogP contribution is -2.46. The maximum Gasteiger partial charge on any atom is 0.314 e. The lowest BCUT2D eigenvalue weighted by atomic mass is 9.89. The second-order valence-electron chi connectivity index (χ2n) is 7.83. The summed E-state index contributed by atoms with van der Waals surface area (Å²) in [5.41, 5.74) is 2.96. The fourth-order valence-electron chi connectivity index (χ4n) is 4.16. The molecule has 9 heteroatoms. The average molecular weight is 403 g/mol. The number of carbonyl (C=O) groups is 2. The summed E-state index contributed by atoms with van der Waals surface area (Å²) in [6.07, 6.45) is 8.41. The molecule has 1 aliphatic heterocycles. The van der Waals surface area contributed by atoms with Gasteiger partial charge in [0.15, 0.2) is 0 Å². The van der Waals surface area contributed by atoms with Crippen LogP contribution in [0.1, 0.15) is 31.4 Å². The second kappa shape index (κ2) is 7.25. The molecule has 2 amide bonds. The van der Waals surface area contributed by atoms with Crippen LogP contribution in [-0.4, -0.2) is 48.6 Å². The van der Waals surface area contributed by atoms with E-state index in [1.54, 1.807) is 17.3 Å². The van der Waals surface area contributed by atoms with Crippen LogP contribution in [0, 0.1) is 5.92 Å². The molecule has 0 radical (unpaired) electrons. The van der Waals surface area contributed by atoms with Gasteiger partial charge in [-0.3, -0.25) is 24.8 Å². The number of aromatic amines is 2. The van der Waals surface area contributed by atoms with E-state index in [0.717, 1.165) is 34.7 Å². The Hall–Kier alpha value is -3.75. The van der Waals surface area contributed by atoms with Gasteiger partial charge < -0.3 is 10.2 Å². The van der Waals surface area contributed by atoms with Crippen LogP contribution in [0.3, 0.4) is 0 Å². The SMILES string of the molecule is C[C@H]1CC[C@H](c2ccc3n[nH]cc3c2)N(C(=O)C(=O)Nc2cncc3cn[nH]c23)C1. The molecule has 1 aromatic carbocycles. The first-order valence-corrected chi connectivity index (χ1v) is 9.92. The molecule has 1 aliphatic rings. The highest BCUT2D eigenvalue weighted by Crippen LogP contribution is 2.34. The first kappa shape index (κ1) is 18.3. The molecule has 4 heterocycles. The van der Waals surface area contributed by atoms with Gasteiger partial charge in [-0.25, -0.2) is 0 Å². The van der Waals surface area contributed by atoms with Crippen molar-refractivity contribution in [2.24, 2.45) is 5.92 Å². The molecule has 2 atom stereocenters. The number of aromatic nitrogens is 5. The highest BCUT2D eigenvalue weighted by atomic mass is 16.2. The van der Waals surface area contributed by atoms with Crippen molar-refractivity contribution in [1.29, 1.82) is 0 Å². The lowest BCUT2D eigenvalue weighted by Gasteiger charge is -2.38. The number of nitrogens with one attached hydrogen (secondary N) is 3. The zero-order valence-electron chi connectivity index (χ0n) is 16.4. The number of hydrogen-bond acceptors (Lipinski definition) is 5. The van der Waals surface area contributed by atoms with Gasteiger partial charge in [-0.2, -0.15) is 10.2 Å². The van der Waals surface area contributed by atoms with Gasteiger partial charge in [-0.15, -0.1) is 0 Å².